The van der Waals surface area contributed by atoms with Gasteiger partial charge in [0.2, 0.25) is 0 Å². The third kappa shape index (κ3) is 5.11. The van der Waals surface area contributed by atoms with Crippen LogP contribution in [0.4, 0.5) is 0 Å². The summed E-state index contributed by atoms with van der Waals surface area (Å²) >= 11 is 1.83. The van der Waals surface area contributed by atoms with Gasteiger partial charge >= 0.3 is 0 Å². The Kier molecular flexibility index (Phi) is 6.95. The smallest absolute Gasteiger partial charge is 0.160 e. The summed E-state index contributed by atoms with van der Waals surface area (Å²) in [5, 5.41) is 7.16. The van der Waals surface area contributed by atoms with Gasteiger partial charge in [0, 0.05) is 64.1 Å². The average molecular weight is 726 g/mol. The predicted molar refractivity (Wildman–Crippen MR) is 232 cm³/mol. The minimum Gasteiger partial charge on any atom is -0.456 e. The van der Waals surface area contributed by atoms with Crippen molar-refractivity contribution in [1.29, 1.82) is 0 Å². The van der Waals surface area contributed by atoms with E-state index >= 15 is 0 Å². The van der Waals surface area contributed by atoms with Gasteiger partial charge in [0.15, 0.2) is 5.82 Å². The molecule has 55 heavy (non-hydrogen) atoms. The number of hydrogen-bond donors (Lipinski definition) is 0. The first kappa shape index (κ1) is 31.9. The molecule has 0 radical (unpaired) electrons. The molecule has 5 heteroatoms. The molecule has 0 atom stereocenters. The molecular weight excluding hydrogens is 691 g/mol. The summed E-state index contributed by atoms with van der Waals surface area (Å²) in [4.78, 5) is 10.6. The van der Waals surface area contributed by atoms with E-state index in [0.29, 0.717) is 5.82 Å². The van der Waals surface area contributed by atoms with Crippen molar-refractivity contribution in [1.82, 2.24) is 14.5 Å². The van der Waals surface area contributed by atoms with Crippen molar-refractivity contribution >= 4 is 75.3 Å². The first-order valence-corrected chi connectivity index (χ1v) is 19.5. The van der Waals surface area contributed by atoms with Gasteiger partial charge < -0.3 is 8.98 Å². The van der Waals surface area contributed by atoms with Crippen molar-refractivity contribution in [3.8, 4) is 39.6 Å². The maximum atomic E-state index is 6.48. The Morgan fingerprint density at radius 3 is 1.98 bits per heavy atom. The summed E-state index contributed by atoms with van der Waals surface area (Å²) < 4.78 is 11.4. The van der Waals surface area contributed by atoms with E-state index < -0.39 is 0 Å². The highest BCUT2D eigenvalue weighted by Gasteiger charge is 2.19. The molecular formula is C50H35N3OS. The summed E-state index contributed by atoms with van der Waals surface area (Å²) in [6, 6.07) is 56.2. The third-order valence-corrected chi connectivity index (χ3v) is 12.1. The quantitative estimate of drug-likeness (QED) is 0.181. The van der Waals surface area contributed by atoms with Gasteiger partial charge in [0.25, 0.3) is 0 Å². The fraction of sp³-hybridized carbons (Fsp3) is 0.0800. The molecule has 0 fully saturated rings. The zero-order chi connectivity index (χ0) is 36.8. The number of nitrogens with zero attached hydrogens (tertiary/aromatic N) is 3. The largest absolute Gasteiger partial charge is 0.456 e. The van der Waals surface area contributed by atoms with Gasteiger partial charge in [-0.15, -0.1) is 11.3 Å². The van der Waals surface area contributed by atoms with Crippen molar-refractivity contribution in [2.24, 2.45) is 0 Å². The number of aromatic nitrogens is 3. The van der Waals surface area contributed by atoms with Gasteiger partial charge in [-0.3, -0.25) is 0 Å². The van der Waals surface area contributed by atoms with Gasteiger partial charge in [0.1, 0.15) is 11.2 Å². The Morgan fingerprint density at radius 2 is 1.16 bits per heavy atom. The van der Waals surface area contributed by atoms with Gasteiger partial charge in [-0.05, 0) is 77.7 Å². The van der Waals surface area contributed by atoms with Crippen molar-refractivity contribution in [3.63, 3.8) is 0 Å². The Hall–Kier alpha value is -6.56. The van der Waals surface area contributed by atoms with Crippen LogP contribution < -0.4 is 0 Å². The third-order valence-electron chi connectivity index (χ3n) is 11.0. The zero-order valence-electron chi connectivity index (χ0n) is 30.7. The number of furan rings is 1. The molecule has 0 aliphatic rings. The summed E-state index contributed by atoms with van der Waals surface area (Å²) in [6.45, 7) is 6.74. The molecule has 0 N–H and O–H groups in total. The van der Waals surface area contributed by atoms with Crippen LogP contribution in [0.5, 0.6) is 0 Å². The first-order valence-electron chi connectivity index (χ1n) is 18.7. The Balaban J connectivity index is 1.14. The standard InChI is InChI=1S/C50H35N3OS/c1-50(2,3)33-21-17-30(18-22-33)39-29-40(31-20-24-43-38(27-31)47-44(54-43)25-26-46-48(47)37-14-8-10-16-45(37)55-46)52-49(51-39)32-19-23-36-35-13-7-9-15-41(35)53(42(36)28-32)34-11-5-4-6-12-34/h4-29H,1-3H3. The molecule has 4 nitrogen and oxygen atoms in total. The molecule has 0 saturated carbocycles. The first-order chi connectivity index (χ1) is 26.9. The second kappa shape index (κ2) is 12.0. The molecule has 4 heterocycles. The van der Waals surface area contributed by atoms with Gasteiger partial charge in [-0.1, -0.05) is 112 Å². The van der Waals surface area contributed by atoms with E-state index in [1.165, 1.54) is 42.0 Å². The Labute approximate surface area is 322 Å². The molecule has 0 aliphatic carbocycles. The molecule has 7 aromatic carbocycles. The lowest BCUT2D eigenvalue weighted by Gasteiger charge is -2.19. The maximum Gasteiger partial charge on any atom is 0.160 e. The highest BCUT2D eigenvalue weighted by Crippen LogP contribution is 2.43. The molecule has 0 saturated heterocycles. The molecule has 0 unspecified atom stereocenters. The molecule has 0 amide bonds. The molecule has 11 aromatic rings. The van der Waals surface area contributed by atoms with Crippen LogP contribution in [0.25, 0.3) is 104 Å². The summed E-state index contributed by atoms with van der Waals surface area (Å²) in [5.74, 6) is 0.683. The summed E-state index contributed by atoms with van der Waals surface area (Å²) in [6.07, 6.45) is 0. The minimum absolute atomic E-state index is 0.0507. The van der Waals surface area contributed by atoms with Crippen molar-refractivity contribution in [2.75, 3.05) is 0 Å². The van der Waals surface area contributed by atoms with E-state index in [1.54, 1.807) is 0 Å². The van der Waals surface area contributed by atoms with E-state index in [9.17, 15) is 0 Å². The lowest BCUT2D eigenvalue weighted by atomic mass is 9.86. The number of fused-ring (bicyclic) bond motifs is 10. The fourth-order valence-electron chi connectivity index (χ4n) is 8.22. The number of hydrogen-bond acceptors (Lipinski definition) is 4. The van der Waals surface area contributed by atoms with E-state index in [2.05, 4.69) is 183 Å². The van der Waals surface area contributed by atoms with Crippen molar-refractivity contribution in [3.05, 3.63) is 163 Å². The van der Waals surface area contributed by atoms with E-state index in [-0.39, 0.29) is 5.41 Å². The van der Waals surface area contributed by atoms with E-state index in [4.69, 9.17) is 14.4 Å². The topological polar surface area (TPSA) is 43.9 Å². The van der Waals surface area contributed by atoms with Gasteiger partial charge in [-0.25, -0.2) is 9.97 Å². The van der Waals surface area contributed by atoms with Crippen LogP contribution in [0.3, 0.4) is 0 Å². The molecule has 4 aromatic heterocycles. The summed E-state index contributed by atoms with van der Waals surface area (Å²) in [7, 11) is 0. The monoisotopic (exact) mass is 725 g/mol. The fourth-order valence-corrected chi connectivity index (χ4v) is 9.33. The average Bonchev–Trinajstić information content (AvgIpc) is 3.89. The number of rotatable bonds is 4. The van der Waals surface area contributed by atoms with Crippen LogP contribution in [0.15, 0.2) is 162 Å². The minimum atomic E-state index is 0.0507. The molecule has 262 valence electrons. The zero-order valence-corrected chi connectivity index (χ0v) is 31.5. The SMILES string of the molecule is CC(C)(C)c1ccc(-c2cc(-c3ccc4oc5ccc6sc7ccccc7c6c5c4c3)nc(-c3ccc4c5ccccc5n(-c5ccccc5)c4c3)n2)cc1. The normalized spacial score (nSPS) is 12.3. The lowest BCUT2D eigenvalue weighted by molar-refractivity contribution is 0.590. The van der Waals surface area contributed by atoms with Crippen LogP contribution in [0.2, 0.25) is 0 Å². The second-order valence-corrected chi connectivity index (χ2v) is 16.5. The number of para-hydroxylation sites is 2. The second-order valence-electron chi connectivity index (χ2n) is 15.4. The summed E-state index contributed by atoms with van der Waals surface area (Å²) in [5.41, 5.74) is 11.3. The highest BCUT2D eigenvalue weighted by molar-refractivity contribution is 7.26. The lowest BCUT2D eigenvalue weighted by Crippen LogP contribution is -2.10. The molecule has 0 bridgehead atoms. The highest BCUT2D eigenvalue weighted by atomic mass is 32.1. The number of thiophene rings is 1. The maximum absolute atomic E-state index is 6.48. The van der Waals surface area contributed by atoms with Gasteiger partial charge in [0.05, 0.1) is 22.4 Å². The van der Waals surface area contributed by atoms with Crippen LogP contribution in [-0.4, -0.2) is 14.5 Å². The van der Waals surface area contributed by atoms with Gasteiger partial charge in [-0.2, -0.15) is 0 Å². The molecule has 11 rings (SSSR count). The van der Waals surface area contributed by atoms with Crippen LogP contribution in [0, 0.1) is 0 Å². The predicted octanol–water partition coefficient (Wildman–Crippen LogP) is 14.1. The van der Waals surface area contributed by atoms with Crippen molar-refractivity contribution < 1.29 is 4.42 Å². The van der Waals surface area contributed by atoms with E-state index in [0.717, 1.165) is 61.2 Å². The Bertz CT molecular complexity index is 3290. The van der Waals surface area contributed by atoms with Crippen LogP contribution in [-0.2, 0) is 5.41 Å². The Morgan fingerprint density at radius 1 is 0.491 bits per heavy atom. The molecule has 0 spiro atoms. The number of benzene rings is 7. The van der Waals surface area contributed by atoms with E-state index in [1.807, 2.05) is 11.3 Å². The molecule has 0 aliphatic heterocycles. The van der Waals surface area contributed by atoms with Crippen molar-refractivity contribution in [2.45, 2.75) is 26.2 Å². The van der Waals surface area contributed by atoms with Crippen LogP contribution in [0.1, 0.15) is 26.3 Å². The van der Waals surface area contributed by atoms with Crippen LogP contribution >= 0.6 is 11.3 Å².